The van der Waals surface area contributed by atoms with Crippen LogP contribution in [0.5, 0.6) is 0 Å². The second-order valence-electron chi connectivity index (χ2n) is 5.20. The van der Waals surface area contributed by atoms with Gasteiger partial charge in [-0.05, 0) is 58.6 Å². The third-order valence-electron chi connectivity index (χ3n) is 3.12. The summed E-state index contributed by atoms with van der Waals surface area (Å²) in [5.74, 6) is 1.61. The second kappa shape index (κ2) is 6.40. The first-order valence-corrected chi connectivity index (χ1v) is 7.40. The van der Waals surface area contributed by atoms with Gasteiger partial charge in [0.25, 0.3) is 0 Å². The van der Waals surface area contributed by atoms with Crippen LogP contribution in [0.2, 0.25) is 0 Å². The van der Waals surface area contributed by atoms with Crippen LogP contribution >= 0.6 is 15.9 Å². The third kappa shape index (κ3) is 3.71. The van der Waals surface area contributed by atoms with E-state index < -0.39 is 0 Å². The molecule has 1 atom stereocenters. The summed E-state index contributed by atoms with van der Waals surface area (Å²) in [5.41, 5.74) is 2.60. The van der Waals surface area contributed by atoms with Gasteiger partial charge in [0.15, 0.2) is 4.67 Å². The van der Waals surface area contributed by atoms with Crippen LogP contribution in [-0.2, 0) is 6.42 Å². The van der Waals surface area contributed by atoms with E-state index in [2.05, 4.69) is 59.4 Å². The summed E-state index contributed by atoms with van der Waals surface area (Å²) in [7, 11) is 1.95. The molecule has 0 saturated heterocycles. The van der Waals surface area contributed by atoms with Crippen molar-refractivity contribution in [3.63, 3.8) is 0 Å². The smallest absolute Gasteiger partial charge is 0.169 e. The Morgan fingerprint density at radius 3 is 2.26 bits per heavy atom. The minimum Gasteiger partial charge on any atom is -0.452 e. The molecule has 1 heterocycles. The molecule has 1 unspecified atom stereocenters. The summed E-state index contributed by atoms with van der Waals surface area (Å²) in [6.07, 6.45) is 1.12. The molecule has 0 amide bonds. The molecule has 0 aliphatic carbocycles. The number of benzene rings is 1. The molecule has 2 rings (SSSR count). The summed E-state index contributed by atoms with van der Waals surface area (Å²) in [6.45, 7) is 4.48. The number of nitrogens with one attached hydrogen (secondary N) is 1. The maximum absolute atomic E-state index is 5.64. The minimum atomic E-state index is 0.0967. The van der Waals surface area contributed by atoms with Gasteiger partial charge in [0, 0.05) is 0 Å². The highest BCUT2D eigenvalue weighted by Gasteiger charge is 2.15. The van der Waals surface area contributed by atoms with Crippen LogP contribution in [0, 0.1) is 5.92 Å². The fourth-order valence-corrected chi connectivity index (χ4v) is 2.59. The number of furan rings is 1. The van der Waals surface area contributed by atoms with E-state index >= 15 is 0 Å². The summed E-state index contributed by atoms with van der Waals surface area (Å²) >= 11 is 3.35. The molecule has 102 valence electrons. The first-order chi connectivity index (χ1) is 9.10. The standard InChI is InChI=1S/C16H20BrNO/c1-11(2)10-12-4-6-13(7-5-12)16(18-3)14-8-9-15(17)19-14/h4-9,11,16,18H,10H2,1-3H3. The van der Waals surface area contributed by atoms with Gasteiger partial charge < -0.3 is 9.73 Å². The summed E-state index contributed by atoms with van der Waals surface area (Å²) in [6, 6.07) is 12.8. The molecule has 2 aromatic rings. The van der Waals surface area contributed by atoms with Gasteiger partial charge in [0.2, 0.25) is 0 Å². The fraction of sp³-hybridized carbons (Fsp3) is 0.375. The van der Waals surface area contributed by atoms with E-state index in [9.17, 15) is 0 Å². The van der Waals surface area contributed by atoms with Crippen molar-refractivity contribution in [2.45, 2.75) is 26.3 Å². The van der Waals surface area contributed by atoms with E-state index in [1.807, 2.05) is 19.2 Å². The van der Waals surface area contributed by atoms with E-state index in [-0.39, 0.29) is 6.04 Å². The highest BCUT2D eigenvalue weighted by atomic mass is 79.9. The average Bonchev–Trinajstić information content (AvgIpc) is 2.78. The van der Waals surface area contributed by atoms with E-state index in [1.54, 1.807) is 0 Å². The van der Waals surface area contributed by atoms with Gasteiger partial charge in [-0.25, -0.2) is 0 Å². The normalized spacial score (nSPS) is 12.9. The Morgan fingerprint density at radius 2 is 1.79 bits per heavy atom. The van der Waals surface area contributed by atoms with E-state index in [4.69, 9.17) is 4.42 Å². The molecule has 1 aromatic heterocycles. The van der Waals surface area contributed by atoms with Gasteiger partial charge in [-0.3, -0.25) is 0 Å². The molecule has 0 spiro atoms. The van der Waals surface area contributed by atoms with Crippen molar-refractivity contribution in [2.75, 3.05) is 7.05 Å². The number of hydrogen-bond donors (Lipinski definition) is 1. The van der Waals surface area contributed by atoms with Gasteiger partial charge in [0.1, 0.15) is 5.76 Å². The lowest BCUT2D eigenvalue weighted by Crippen LogP contribution is -2.16. The van der Waals surface area contributed by atoms with Crippen LogP contribution in [0.4, 0.5) is 0 Å². The van der Waals surface area contributed by atoms with Crippen LogP contribution < -0.4 is 5.32 Å². The van der Waals surface area contributed by atoms with Crippen molar-refractivity contribution in [3.8, 4) is 0 Å². The Hall–Kier alpha value is -1.06. The maximum atomic E-state index is 5.64. The highest BCUT2D eigenvalue weighted by Crippen LogP contribution is 2.26. The molecule has 0 bridgehead atoms. The topological polar surface area (TPSA) is 25.2 Å². The van der Waals surface area contributed by atoms with Gasteiger partial charge in [0.05, 0.1) is 6.04 Å². The molecular formula is C16H20BrNO. The SMILES string of the molecule is CNC(c1ccc(CC(C)C)cc1)c1ccc(Br)o1. The predicted molar refractivity (Wildman–Crippen MR) is 82.3 cm³/mol. The zero-order valence-corrected chi connectivity index (χ0v) is 13.2. The number of rotatable bonds is 5. The fourth-order valence-electron chi connectivity index (χ4n) is 2.27. The Kier molecular flexibility index (Phi) is 4.83. The van der Waals surface area contributed by atoms with Crippen molar-refractivity contribution < 1.29 is 4.42 Å². The molecular weight excluding hydrogens is 302 g/mol. The monoisotopic (exact) mass is 321 g/mol. The molecule has 2 nitrogen and oxygen atoms in total. The van der Waals surface area contributed by atoms with Gasteiger partial charge in [-0.2, -0.15) is 0 Å². The van der Waals surface area contributed by atoms with Crippen LogP contribution in [0.25, 0.3) is 0 Å². The van der Waals surface area contributed by atoms with Crippen molar-refractivity contribution in [3.05, 3.63) is 58.0 Å². The molecule has 0 fully saturated rings. The van der Waals surface area contributed by atoms with Gasteiger partial charge in [-0.1, -0.05) is 38.1 Å². The van der Waals surface area contributed by atoms with Crippen LogP contribution in [-0.4, -0.2) is 7.05 Å². The first-order valence-electron chi connectivity index (χ1n) is 6.61. The average molecular weight is 322 g/mol. The molecule has 19 heavy (non-hydrogen) atoms. The molecule has 0 radical (unpaired) electrons. The Morgan fingerprint density at radius 1 is 1.11 bits per heavy atom. The Bertz CT molecular complexity index is 516. The Labute approximate surface area is 123 Å². The Balaban J connectivity index is 2.19. The van der Waals surface area contributed by atoms with Crippen molar-refractivity contribution in [1.82, 2.24) is 5.32 Å². The van der Waals surface area contributed by atoms with Crippen molar-refractivity contribution in [2.24, 2.45) is 5.92 Å². The molecule has 1 N–H and O–H groups in total. The second-order valence-corrected chi connectivity index (χ2v) is 5.98. The van der Waals surface area contributed by atoms with Gasteiger partial charge in [-0.15, -0.1) is 0 Å². The number of hydrogen-bond acceptors (Lipinski definition) is 2. The van der Waals surface area contributed by atoms with Crippen molar-refractivity contribution in [1.29, 1.82) is 0 Å². The lowest BCUT2D eigenvalue weighted by atomic mass is 9.98. The molecule has 0 aliphatic rings. The summed E-state index contributed by atoms with van der Waals surface area (Å²) in [4.78, 5) is 0. The van der Waals surface area contributed by atoms with Crippen LogP contribution in [0.1, 0.15) is 36.8 Å². The highest BCUT2D eigenvalue weighted by molar-refractivity contribution is 9.10. The molecule has 1 aromatic carbocycles. The summed E-state index contributed by atoms with van der Waals surface area (Å²) in [5, 5.41) is 3.29. The zero-order chi connectivity index (χ0) is 13.8. The van der Waals surface area contributed by atoms with E-state index in [0.29, 0.717) is 5.92 Å². The quantitative estimate of drug-likeness (QED) is 0.874. The molecule has 0 saturated carbocycles. The van der Waals surface area contributed by atoms with E-state index in [0.717, 1.165) is 16.9 Å². The van der Waals surface area contributed by atoms with Crippen molar-refractivity contribution >= 4 is 15.9 Å². The molecule has 0 aliphatic heterocycles. The lowest BCUT2D eigenvalue weighted by molar-refractivity contribution is 0.447. The van der Waals surface area contributed by atoms with Crippen LogP contribution in [0.3, 0.4) is 0 Å². The maximum Gasteiger partial charge on any atom is 0.169 e. The third-order valence-corrected chi connectivity index (χ3v) is 3.55. The lowest BCUT2D eigenvalue weighted by Gasteiger charge is -2.15. The summed E-state index contributed by atoms with van der Waals surface area (Å²) < 4.78 is 6.40. The molecule has 3 heteroatoms. The van der Waals surface area contributed by atoms with Crippen LogP contribution in [0.15, 0.2) is 45.5 Å². The first kappa shape index (κ1) is 14.4. The van der Waals surface area contributed by atoms with E-state index in [1.165, 1.54) is 11.1 Å². The van der Waals surface area contributed by atoms with Gasteiger partial charge >= 0.3 is 0 Å². The zero-order valence-electron chi connectivity index (χ0n) is 11.6. The minimum absolute atomic E-state index is 0.0967. The predicted octanol–water partition coefficient (Wildman–Crippen LogP) is 4.55. The number of halogens is 1. The largest absolute Gasteiger partial charge is 0.452 e.